The number of hydrogen-bond acceptors (Lipinski definition) is 4. The topological polar surface area (TPSA) is 58.2 Å². The van der Waals surface area contributed by atoms with E-state index in [0.717, 1.165) is 38.0 Å². The average molecular weight is 285 g/mol. The van der Waals surface area contributed by atoms with Gasteiger partial charge in [0.15, 0.2) is 0 Å². The summed E-state index contributed by atoms with van der Waals surface area (Å²) >= 11 is 0. The molecule has 0 bridgehead atoms. The molecule has 2 aliphatic heterocycles. The van der Waals surface area contributed by atoms with Crippen LogP contribution in [0.5, 0.6) is 0 Å². The molecule has 0 aromatic carbocycles. The summed E-state index contributed by atoms with van der Waals surface area (Å²) in [6.07, 6.45) is 6.94. The first-order valence-corrected chi connectivity index (χ1v) is 7.65. The van der Waals surface area contributed by atoms with E-state index in [4.69, 9.17) is 4.74 Å². The van der Waals surface area contributed by atoms with Gasteiger partial charge in [0.25, 0.3) is 0 Å². The molecule has 2 saturated heterocycles. The molecule has 5 heteroatoms. The zero-order chi connectivity index (χ0) is 14.2. The number of nitrogens with one attached hydrogen (secondary N) is 1. The number of nitrogens with zero attached hydrogens (tertiary/aromatic N) is 2. The van der Waals surface area contributed by atoms with Crippen molar-refractivity contribution in [2.45, 2.75) is 31.2 Å². The lowest BCUT2D eigenvalue weighted by Crippen LogP contribution is -2.43. The SMILES string of the molecule is O=C1OCC[C@H]1N1CCC(c2c[nH]c3ncccc23)CC1. The van der Waals surface area contributed by atoms with Gasteiger partial charge in [0, 0.05) is 24.2 Å². The molecule has 0 radical (unpaired) electrons. The Morgan fingerprint density at radius 3 is 2.90 bits per heavy atom. The fraction of sp³-hybridized carbons (Fsp3) is 0.500. The van der Waals surface area contributed by atoms with E-state index in [0.29, 0.717) is 12.5 Å². The third-order valence-corrected chi connectivity index (χ3v) is 4.80. The van der Waals surface area contributed by atoms with Crippen LogP contribution in [0, 0.1) is 0 Å². The fourth-order valence-electron chi connectivity index (χ4n) is 3.65. The first kappa shape index (κ1) is 12.8. The molecule has 0 spiro atoms. The van der Waals surface area contributed by atoms with Crippen molar-refractivity contribution in [1.29, 1.82) is 0 Å². The second-order valence-corrected chi connectivity index (χ2v) is 5.93. The summed E-state index contributed by atoms with van der Waals surface area (Å²) in [7, 11) is 0. The maximum absolute atomic E-state index is 11.7. The van der Waals surface area contributed by atoms with Gasteiger partial charge in [-0.15, -0.1) is 0 Å². The summed E-state index contributed by atoms with van der Waals surface area (Å²) in [5, 5.41) is 1.23. The number of hydrogen-bond donors (Lipinski definition) is 1. The zero-order valence-corrected chi connectivity index (χ0v) is 11.9. The van der Waals surface area contributed by atoms with Crippen LogP contribution in [0.2, 0.25) is 0 Å². The smallest absolute Gasteiger partial charge is 0.323 e. The van der Waals surface area contributed by atoms with Gasteiger partial charge < -0.3 is 9.72 Å². The van der Waals surface area contributed by atoms with Gasteiger partial charge in [-0.25, -0.2) is 4.98 Å². The molecule has 0 saturated carbocycles. The second-order valence-electron chi connectivity index (χ2n) is 5.93. The third kappa shape index (κ3) is 2.21. The van der Waals surface area contributed by atoms with E-state index >= 15 is 0 Å². The van der Waals surface area contributed by atoms with Crippen LogP contribution in [-0.2, 0) is 9.53 Å². The van der Waals surface area contributed by atoms with Gasteiger partial charge in [-0.3, -0.25) is 9.69 Å². The summed E-state index contributed by atoms with van der Waals surface area (Å²) in [4.78, 5) is 21.6. The summed E-state index contributed by atoms with van der Waals surface area (Å²) < 4.78 is 5.08. The number of ether oxygens (including phenoxy) is 1. The molecule has 2 aromatic heterocycles. The minimum atomic E-state index is -0.0373. The Morgan fingerprint density at radius 2 is 2.14 bits per heavy atom. The molecule has 110 valence electrons. The summed E-state index contributed by atoms with van der Waals surface area (Å²) in [6, 6.07) is 4.12. The predicted molar refractivity (Wildman–Crippen MR) is 79.0 cm³/mol. The van der Waals surface area contributed by atoms with Crippen LogP contribution in [-0.4, -0.2) is 46.6 Å². The fourth-order valence-corrected chi connectivity index (χ4v) is 3.65. The number of pyridine rings is 1. The first-order chi connectivity index (χ1) is 10.3. The number of piperidine rings is 1. The number of likely N-dealkylation sites (tertiary alicyclic amines) is 1. The van der Waals surface area contributed by atoms with E-state index in [9.17, 15) is 4.79 Å². The number of aromatic nitrogens is 2. The molecular weight excluding hydrogens is 266 g/mol. The van der Waals surface area contributed by atoms with Gasteiger partial charge in [0.2, 0.25) is 0 Å². The maximum atomic E-state index is 11.7. The Kier molecular flexibility index (Phi) is 3.15. The molecular formula is C16H19N3O2. The van der Waals surface area contributed by atoms with Crippen LogP contribution in [0.3, 0.4) is 0 Å². The van der Waals surface area contributed by atoms with Crippen LogP contribution in [0.4, 0.5) is 0 Å². The number of carbonyl (C=O) groups excluding carboxylic acids is 1. The van der Waals surface area contributed by atoms with E-state index in [1.807, 2.05) is 12.3 Å². The van der Waals surface area contributed by atoms with E-state index in [1.165, 1.54) is 10.9 Å². The summed E-state index contributed by atoms with van der Waals surface area (Å²) in [5.74, 6) is 0.515. The normalized spacial score (nSPS) is 24.6. The van der Waals surface area contributed by atoms with Crippen molar-refractivity contribution in [1.82, 2.24) is 14.9 Å². The number of cyclic esters (lactones) is 1. The zero-order valence-electron chi connectivity index (χ0n) is 11.9. The Hall–Kier alpha value is -1.88. The number of rotatable bonds is 2. The van der Waals surface area contributed by atoms with Crippen LogP contribution >= 0.6 is 0 Å². The Morgan fingerprint density at radius 1 is 1.29 bits per heavy atom. The molecule has 1 atom stereocenters. The molecule has 2 aromatic rings. The van der Waals surface area contributed by atoms with E-state index in [2.05, 4.69) is 27.1 Å². The summed E-state index contributed by atoms with van der Waals surface area (Å²) in [5.41, 5.74) is 2.33. The monoisotopic (exact) mass is 285 g/mol. The molecule has 0 amide bonds. The third-order valence-electron chi connectivity index (χ3n) is 4.80. The van der Waals surface area contributed by atoms with Crippen LogP contribution in [0.1, 0.15) is 30.7 Å². The number of esters is 1. The van der Waals surface area contributed by atoms with Crippen LogP contribution in [0.15, 0.2) is 24.5 Å². The molecule has 1 N–H and O–H groups in total. The molecule has 4 heterocycles. The van der Waals surface area contributed by atoms with Crippen molar-refractivity contribution >= 4 is 17.0 Å². The average Bonchev–Trinajstić information content (AvgIpc) is 3.14. The van der Waals surface area contributed by atoms with E-state index in [1.54, 1.807) is 0 Å². The summed E-state index contributed by atoms with van der Waals surface area (Å²) in [6.45, 7) is 2.52. The van der Waals surface area contributed by atoms with Crippen LogP contribution in [0.25, 0.3) is 11.0 Å². The first-order valence-electron chi connectivity index (χ1n) is 7.65. The molecule has 2 fully saturated rings. The highest BCUT2D eigenvalue weighted by atomic mass is 16.5. The second kappa shape index (κ2) is 5.15. The van der Waals surface area contributed by atoms with Gasteiger partial charge in [0.1, 0.15) is 11.7 Å². The lowest BCUT2D eigenvalue weighted by molar-refractivity contribution is -0.142. The van der Waals surface area contributed by atoms with Gasteiger partial charge in [-0.1, -0.05) is 0 Å². The number of carbonyl (C=O) groups is 1. The number of H-pyrrole nitrogens is 1. The van der Waals surface area contributed by atoms with Crippen molar-refractivity contribution in [3.63, 3.8) is 0 Å². The van der Waals surface area contributed by atoms with Crippen molar-refractivity contribution in [2.24, 2.45) is 0 Å². The quantitative estimate of drug-likeness (QED) is 0.858. The molecule has 0 unspecified atom stereocenters. The van der Waals surface area contributed by atoms with E-state index < -0.39 is 0 Å². The Balaban J connectivity index is 1.49. The van der Waals surface area contributed by atoms with Gasteiger partial charge in [-0.05, 0) is 49.5 Å². The standard InChI is InChI=1S/C16H19N3O2/c20-16-14(5-9-21-16)19-7-3-11(4-8-19)13-10-18-15-12(13)2-1-6-17-15/h1-2,6,10-11,14H,3-5,7-9H2,(H,17,18)/t14-/m1/s1. The molecule has 21 heavy (non-hydrogen) atoms. The maximum Gasteiger partial charge on any atom is 0.323 e. The number of aromatic amines is 1. The molecule has 5 nitrogen and oxygen atoms in total. The molecule has 0 aliphatic carbocycles. The lowest BCUT2D eigenvalue weighted by atomic mass is 9.89. The molecule has 4 rings (SSSR count). The van der Waals surface area contributed by atoms with Crippen LogP contribution < -0.4 is 0 Å². The predicted octanol–water partition coefficient (Wildman–Crippen LogP) is 2.06. The van der Waals surface area contributed by atoms with Crippen molar-refractivity contribution in [2.75, 3.05) is 19.7 Å². The Bertz CT molecular complexity index is 658. The molecule has 2 aliphatic rings. The van der Waals surface area contributed by atoms with Crippen molar-refractivity contribution in [3.05, 3.63) is 30.1 Å². The number of fused-ring (bicyclic) bond motifs is 1. The van der Waals surface area contributed by atoms with Crippen molar-refractivity contribution in [3.8, 4) is 0 Å². The van der Waals surface area contributed by atoms with Gasteiger partial charge >= 0.3 is 5.97 Å². The lowest BCUT2D eigenvalue weighted by Gasteiger charge is -2.34. The van der Waals surface area contributed by atoms with E-state index in [-0.39, 0.29) is 12.0 Å². The Labute approximate surface area is 123 Å². The van der Waals surface area contributed by atoms with Gasteiger partial charge in [0.05, 0.1) is 6.61 Å². The largest absolute Gasteiger partial charge is 0.464 e. The highest BCUT2D eigenvalue weighted by Gasteiger charge is 2.35. The van der Waals surface area contributed by atoms with Gasteiger partial charge in [-0.2, -0.15) is 0 Å². The minimum absolute atomic E-state index is 0.00409. The minimum Gasteiger partial charge on any atom is -0.464 e. The van der Waals surface area contributed by atoms with Crippen molar-refractivity contribution < 1.29 is 9.53 Å². The highest BCUT2D eigenvalue weighted by Crippen LogP contribution is 2.33. The highest BCUT2D eigenvalue weighted by molar-refractivity contribution is 5.80.